The molecule has 0 radical (unpaired) electrons. The molecule has 1 aliphatic rings. The van der Waals surface area contributed by atoms with Crippen molar-refractivity contribution in [2.75, 3.05) is 13.2 Å². The summed E-state index contributed by atoms with van der Waals surface area (Å²) in [6, 6.07) is 0. The summed E-state index contributed by atoms with van der Waals surface area (Å²) in [4.78, 5) is 0. The topological polar surface area (TPSA) is 35.2 Å². The Balaban J connectivity index is 2.09. The van der Waals surface area contributed by atoms with Crippen LogP contribution in [0.15, 0.2) is 0 Å². The summed E-state index contributed by atoms with van der Waals surface area (Å²) in [5.74, 6) is 0.797. The molecule has 1 rings (SSSR count). The van der Waals surface area contributed by atoms with Crippen LogP contribution >= 0.6 is 0 Å². The first-order valence-corrected chi connectivity index (χ1v) is 6.02. The van der Waals surface area contributed by atoms with E-state index in [1.165, 1.54) is 32.1 Å². The highest BCUT2D eigenvalue weighted by molar-refractivity contribution is 4.89. The van der Waals surface area contributed by atoms with Crippen LogP contribution in [0.4, 0.5) is 0 Å². The first-order chi connectivity index (χ1) is 6.68. The molecule has 0 saturated heterocycles. The molecule has 1 aliphatic carbocycles. The van der Waals surface area contributed by atoms with Gasteiger partial charge < -0.3 is 10.5 Å². The minimum absolute atomic E-state index is 0.186. The number of hydrogen-bond donors (Lipinski definition) is 1. The smallest absolute Gasteiger partial charge is 0.0694 e. The van der Waals surface area contributed by atoms with Gasteiger partial charge in [-0.15, -0.1) is 0 Å². The van der Waals surface area contributed by atoms with Gasteiger partial charge >= 0.3 is 0 Å². The van der Waals surface area contributed by atoms with Crippen LogP contribution in [0.3, 0.4) is 0 Å². The van der Waals surface area contributed by atoms with E-state index in [1.807, 2.05) is 0 Å². The molecule has 2 nitrogen and oxygen atoms in total. The zero-order chi connectivity index (χ0) is 10.4. The van der Waals surface area contributed by atoms with E-state index in [-0.39, 0.29) is 5.60 Å². The van der Waals surface area contributed by atoms with Crippen molar-refractivity contribution in [2.45, 2.75) is 58.0 Å². The average molecular weight is 199 g/mol. The molecule has 0 aromatic rings. The van der Waals surface area contributed by atoms with Gasteiger partial charge in [0.15, 0.2) is 0 Å². The van der Waals surface area contributed by atoms with Crippen molar-refractivity contribution < 1.29 is 4.74 Å². The van der Waals surface area contributed by atoms with Gasteiger partial charge in [0.1, 0.15) is 0 Å². The van der Waals surface area contributed by atoms with Crippen molar-refractivity contribution >= 4 is 0 Å². The molecule has 0 aliphatic heterocycles. The summed E-state index contributed by atoms with van der Waals surface area (Å²) in [5, 5.41) is 0. The van der Waals surface area contributed by atoms with Crippen LogP contribution < -0.4 is 5.73 Å². The lowest BCUT2D eigenvalue weighted by Crippen LogP contribution is -2.42. The van der Waals surface area contributed by atoms with Crippen LogP contribution in [-0.2, 0) is 4.74 Å². The van der Waals surface area contributed by atoms with Gasteiger partial charge in [-0.05, 0) is 51.0 Å². The summed E-state index contributed by atoms with van der Waals surface area (Å²) >= 11 is 0. The zero-order valence-electron chi connectivity index (χ0n) is 9.72. The van der Waals surface area contributed by atoms with E-state index in [0.29, 0.717) is 0 Å². The molecule has 0 atom stereocenters. The van der Waals surface area contributed by atoms with Crippen LogP contribution in [0, 0.1) is 5.92 Å². The maximum Gasteiger partial charge on any atom is 0.0694 e. The number of rotatable bonds is 7. The van der Waals surface area contributed by atoms with Gasteiger partial charge in [0, 0.05) is 6.61 Å². The summed E-state index contributed by atoms with van der Waals surface area (Å²) in [7, 11) is 0. The van der Waals surface area contributed by atoms with E-state index >= 15 is 0 Å². The highest BCUT2D eigenvalue weighted by Crippen LogP contribution is 2.38. The molecule has 0 heterocycles. The summed E-state index contributed by atoms with van der Waals surface area (Å²) in [5.41, 5.74) is 5.78. The van der Waals surface area contributed by atoms with E-state index in [9.17, 15) is 0 Å². The second kappa shape index (κ2) is 5.72. The Morgan fingerprint density at radius 1 is 1.36 bits per heavy atom. The highest BCUT2D eigenvalue weighted by Gasteiger charge is 2.36. The average Bonchev–Trinajstić information content (AvgIpc) is 2.07. The third-order valence-corrected chi connectivity index (χ3v) is 3.20. The summed E-state index contributed by atoms with van der Waals surface area (Å²) in [6.07, 6.45) is 7.30. The Hall–Kier alpha value is -0.0800. The molecule has 1 fully saturated rings. The standard InChI is InChI=1S/C12H25NO/c1-11(2)5-3-10-14-12(8-9-13)6-4-7-12/h11H,3-10,13H2,1-2H3. The van der Waals surface area contributed by atoms with Crippen LogP contribution in [-0.4, -0.2) is 18.8 Å². The van der Waals surface area contributed by atoms with Crippen LogP contribution in [0.2, 0.25) is 0 Å². The molecule has 0 amide bonds. The van der Waals surface area contributed by atoms with Crippen molar-refractivity contribution in [1.29, 1.82) is 0 Å². The van der Waals surface area contributed by atoms with Crippen molar-refractivity contribution in [3.63, 3.8) is 0 Å². The number of nitrogens with two attached hydrogens (primary N) is 1. The van der Waals surface area contributed by atoms with E-state index in [4.69, 9.17) is 10.5 Å². The Morgan fingerprint density at radius 2 is 2.07 bits per heavy atom. The molecule has 2 heteroatoms. The van der Waals surface area contributed by atoms with Gasteiger partial charge in [-0.25, -0.2) is 0 Å². The van der Waals surface area contributed by atoms with E-state index in [0.717, 1.165) is 25.5 Å². The predicted octanol–water partition coefficient (Wildman–Crippen LogP) is 2.71. The molecule has 0 spiro atoms. The third kappa shape index (κ3) is 3.58. The second-order valence-corrected chi connectivity index (χ2v) is 4.96. The lowest BCUT2D eigenvalue weighted by molar-refractivity contribution is -0.104. The minimum Gasteiger partial charge on any atom is -0.375 e. The van der Waals surface area contributed by atoms with Crippen molar-refractivity contribution in [1.82, 2.24) is 0 Å². The molecule has 14 heavy (non-hydrogen) atoms. The SMILES string of the molecule is CC(C)CCCOC1(CCN)CCC1. The number of hydrogen-bond acceptors (Lipinski definition) is 2. The van der Waals surface area contributed by atoms with Crippen molar-refractivity contribution in [2.24, 2.45) is 11.7 Å². The first kappa shape index (κ1) is 12.0. The summed E-state index contributed by atoms with van der Waals surface area (Å²) < 4.78 is 5.98. The molecule has 0 bridgehead atoms. The lowest BCUT2D eigenvalue weighted by Gasteiger charge is -2.41. The Labute approximate surface area is 88.2 Å². The zero-order valence-corrected chi connectivity index (χ0v) is 9.72. The Morgan fingerprint density at radius 3 is 2.50 bits per heavy atom. The molecular formula is C12H25NO. The van der Waals surface area contributed by atoms with E-state index in [1.54, 1.807) is 0 Å². The van der Waals surface area contributed by atoms with Gasteiger partial charge in [-0.2, -0.15) is 0 Å². The summed E-state index contributed by atoms with van der Waals surface area (Å²) in [6.45, 7) is 6.22. The lowest BCUT2D eigenvalue weighted by atomic mass is 9.77. The van der Waals surface area contributed by atoms with Crippen LogP contribution in [0.25, 0.3) is 0 Å². The fraction of sp³-hybridized carbons (Fsp3) is 1.00. The maximum atomic E-state index is 5.98. The van der Waals surface area contributed by atoms with E-state index in [2.05, 4.69) is 13.8 Å². The normalized spacial score (nSPS) is 19.7. The largest absolute Gasteiger partial charge is 0.375 e. The Bertz CT molecular complexity index is 152. The van der Waals surface area contributed by atoms with Gasteiger partial charge in [0.2, 0.25) is 0 Å². The first-order valence-electron chi connectivity index (χ1n) is 6.02. The minimum atomic E-state index is 0.186. The molecule has 0 unspecified atom stereocenters. The van der Waals surface area contributed by atoms with Crippen LogP contribution in [0.1, 0.15) is 52.4 Å². The second-order valence-electron chi connectivity index (χ2n) is 4.96. The predicted molar refractivity (Wildman–Crippen MR) is 60.3 cm³/mol. The van der Waals surface area contributed by atoms with Crippen LogP contribution in [0.5, 0.6) is 0 Å². The van der Waals surface area contributed by atoms with E-state index < -0.39 is 0 Å². The molecule has 2 N–H and O–H groups in total. The van der Waals surface area contributed by atoms with Gasteiger partial charge in [-0.3, -0.25) is 0 Å². The number of ether oxygens (including phenoxy) is 1. The molecule has 1 saturated carbocycles. The quantitative estimate of drug-likeness (QED) is 0.640. The fourth-order valence-corrected chi connectivity index (χ4v) is 2.08. The molecular weight excluding hydrogens is 174 g/mol. The van der Waals surface area contributed by atoms with Gasteiger partial charge in [0.25, 0.3) is 0 Å². The molecule has 84 valence electrons. The van der Waals surface area contributed by atoms with Gasteiger partial charge in [0.05, 0.1) is 5.60 Å². The Kier molecular flexibility index (Phi) is 4.90. The highest BCUT2D eigenvalue weighted by atomic mass is 16.5. The van der Waals surface area contributed by atoms with Crippen molar-refractivity contribution in [3.05, 3.63) is 0 Å². The third-order valence-electron chi connectivity index (χ3n) is 3.20. The molecule has 0 aromatic carbocycles. The molecule has 0 aromatic heterocycles. The fourth-order valence-electron chi connectivity index (χ4n) is 2.08. The van der Waals surface area contributed by atoms with Gasteiger partial charge in [-0.1, -0.05) is 13.8 Å². The monoisotopic (exact) mass is 199 g/mol. The van der Waals surface area contributed by atoms with Crippen molar-refractivity contribution in [3.8, 4) is 0 Å². The maximum absolute atomic E-state index is 5.98.